The first kappa shape index (κ1) is 8.43. The Morgan fingerprint density at radius 3 is 3.00 bits per heavy atom. The van der Waals surface area contributed by atoms with Crippen molar-refractivity contribution in [1.82, 2.24) is 0 Å². The lowest BCUT2D eigenvalue weighted by molar-refractivity contribution is -0.111. The van der Waals surface area contributed by atoms with Crippen molar-refractivity contribution in [3.05, 3.63) is 22.4 Å². The van der Waals surface area contributed by atoms with Crippen molar-refractivity contribution in [2.24, 2.45) is 0 Å². The molecule has 0 radical (unpaired) electrons. The van der Waals surface area contributed by atoms with Crippen LogP contribution in [-0.2, 0) is 10.4 Å². The van der Waals surface area contributed by atoms with Gasteiger partial charge in [-0.1, -0.05) is 6.07 Å². The predicted molar refractivity (Wildman–Crippen MR) is 44.6 cm³/mol. The minimum Gasteiger partial charge on any atom is -0.384 e. The van der Waals surface area contributed by atoms with Crippen molar-refractivity contribution in [2.75, 3.05) is 0 Å². The molecule has 60 valence electrons. The van der Waals surface area contributed by atoms with E-state index in [1.807, 2.05) is 17.5 Å². The summed E-state index contributed by atoms with van der Waals surface area (Å²) in [5.41, 5.74) is -0.976. The van der Waals surface area contributed by atoms with Crippen LogP contribution in [0.3, 0.4) is 0 Å². The molecule has 0 aromatic carbocycles. The second kappa shape index (κ2) is 3.15. The molecule has 0 amide bonds. The summed E-state index contributed by atoms with van der Waals surface area (Å²) in [6.07, 6.45) is 0.896. The van der Waals surface area contributed by atoms with Gasteiger partial charge in [-0.25, -0.2) is 0 Å². The number of carbonyl (C=O) groups is 1. The summed E-state index contributed by atoms with van der Waals surface area (Å²) >= 11 is 1.46. The minimum atomic E-state index is -0.976. The zero-order valence-electron chi connectivity index (χ0n) is 6.28. The molecule has 2 nitrogen and oxygen atoms in total. The molecule has 1 unspecified atom stereocenters. The van der Waals surface area contributed by atoms with Crippen molar-refractivity contribution < 1.29 is 9.90 Å². The van der Waals surface area contributed by atoms with Crippen LogP contribution in [0, 0.1) is 0 Å². The number of aliphatic hydroxyl groups is 1. The number of rotatable bonds is 3. The average Bonchev–Trinajstić information content (AvgIpc) is 2.37. The Hall–Kier alpha value is -0.670. The Labute approximate surface area is 69.5 Å². The Morgan fingerprint density at radius 1 is 1.82 bits per heavy atom. The first-order valence-electron chi connectivity index (χ1n) is 3.37. The first-order valence-corrected chi connectivity index (χ1v) is 4.25. The van der Waals surface area contributed by atoms with Crippen LogP contribution in [0.25, 0.3) is 0 Å². The van der Waals surface area contributed by atoms with Crippen LogP contribution in [0.2, 0.25) is 0 Å². The Bertz CT molecular complexity index is 226. The molecule has 0 spiro atoms. The standard InChI is InChI=1S/C8H10O2S/c1-8(10,4-5-9)7-3-2-6-11-7/h2-3,5-6,10H,4H2,1H3. The highest BCUT2D eigenvalue weighted by Gasteiger charge is 2.22. The Morgan fingerprint density at radius 2 is 2.55 bits per heavy atom. The summed E-state index contributed by atoms with van der Waals surface area (Å²) in [5, 5.41) is 11.5. The van der Waals surface area contributed by atoms with E-state index in [4.69, 9.17) is 0 Å². The van der Waals surface area contributed by atoms with Crippen LogP contribution in [0.15, 0.2) is 17.5 Å². The molecule has 0 saturated carbocycles. The zero-order chi connectivity index (χ0) is 8.32. The normalized spacial score (nSPS) is 15.8. The highest BCUT2D eigenvalue weighted by atomic mass is 32.1. The van der Waals surface area contributed by atoms with Crippen LogP contribution in [0.5, 0.6) is 0 Å². The molecule has 0 bridgehead atoms. The highest BCUT2D eigenvalue weighted by molar-refractivity contribution is 7.10. The summed E-state index contributed by atoms with van der Waals surface area (Å²) in [5.74, 6) is 0. The van der Waals surface area contributed by atoms with Gasteiger partial charge in [0.1, 0.15) is 11.9 Å². The quantitative estimate of drug-likeness (QED) is 0.699. The summed E-state index contributed by atoms with van der Waals surface area (Å²) in [4.78, 5) is 11.0. The van der Waals surface area contributed by atoms with Crippen LogP contribution in [-0.4, -0.2) is 11.4 Å². The first-order chi connectivity index (χ1) is 5.17. The molecule has 11 heavy (non-hydrogen) atoms. The van der Waals surface area contributed by atoms with Crippen LogP contribution < -0.4 is 0 Å². The monoisotopic (exact) mass is 170 g/mol. The predicted octanol–water partition coefficient (Wildman–Crippen LogP) is 1.54. The molecule has 1 atom stereocenters. The average molecular weight is 170 g/mol. The van der Waals surface area contributed by atoms with Crippen molar-refractivity contribution >= 4 is 17.6 Å². The number of carbonyl (C=O) groups excluding carboxylic acids is 1. The molecular weight excluding hydrogens is 160 g/mol. The molecule has 1 heterocycles. The van der Waals surface area contributed by atoms with Gasteiger partial charge in [-0.3, -0.25) is 0 Å². The Kier molecular flexibility index (Phi) is 2.42. The molecule has 0 fully saturated rings. The molecule has 1 aromatic heterocycles. The molecule has 0 aliphatic rings. The number of hydrogen-bond donors (Lipinski definition) is 1. The maximum Gasteiger partial charge on any atom is 0.123 e. The van der Waals surface area contributed by atoms with Crippen LogP contribution in [0.4, 0.5) is 0 Å². The van der Waals surface area contributed by atoms with Gasteiger partial charge in [0.2, 0.25) is 0 Å². The topological polar surface area (TPSA) is 37.3 Å². The van der Waals surface area contributed by atoms with E-state index in [0.29, 0.717) is 0 Å². The van der Waals surface area contributed by atoms with Gasteiger partial charge >= 0.3 is 0 Å². The van der Waals surface area contributed by atoms with E-state index in [1.165, 1.54) is 11.3 Å². The second-order valence-electron chi connectivity index (χ2n) is 2.62. The van der Waals surface area contributed by atoms with Crippen molar-refractivity contribution in [3.8, 4) is 0 Å². The number of aldehydes is 1. The lowest BCUT2D eigenvalue weighted by Crippen LogP contribution is -2.19. The van der Waals surface area contributed by atoms with Gasteiger partial charge in [0, 0.05) is 11.3 Å². The summed E-state index contributed by atoms with van der Waals surface area (Å²) < 4.78 is 0. The van der Waals surface area contributed by atoms with Gasteiger partial charge in [-0.15, -0.1) is 11.3 Å². The lowest BCUT2D eigenvalue weighted by Gasteiger charge is -2.17. The second-order valence-corrected chi connectivity index (χ2v) is 3.57. The van der Waals surface area contributed by atoms with Crippen LogP contribution >= 0.6 is 11.3 Å². The van der Waals surface area contributed by atoms with Gasteiger partial charge in [-0.05, 0) is 18.4 Å². The van der Waals surface area contributed by atoms with Crippen molar-refractivity contribution in [3.63, 3.8) is 0 Å². The fourth-order valence-electron chi connectivity index (χ4n) is 0.848. The van der Waals surface area contributed by atoms with E-state index in [1.54, 1.807) is 6.92 Å². The number of hydrogen-bond acceptors (Lipinski definition) is 3. The van der Waals surface area contributed by atoms with E-state index in [0.717, 1.165) is 11.2 Å². The molecule has 1 rings (SSSR count). The van der Waals surface area contributed by atoms with Gasteiger partial charge in [0.15, 0.2) is 0 Å². The third-order valence-electron chi connectivity index (χ3n) is 1.53. The molecule has 3 heteroatoms. The van der Waals surface area contributed by atoms with Gasteiger partial charge in [-0.2, -0.15) is 0 Å². The minimum absolute atomic E-state index is 0.160. The number of thiophene rings is 1. The van der Waals surface area contributed by atoms with E-state index in [2.05, 4.69) is 0 Å². The van der Waals surface area contributed by atoms with Crippen LogP contribution in [0.1, 0.15) is 18.2 Å². The van der Waals surface area contributed by atoms with Gasteiger partial charge in [0.05, 0.1) is 0 Å². The largest absolute Gasteiger partial charge is 0.384 e. The molecule has 1 N–H and O–H groups in total. The smallest absolute Gasteiger partial charge is 0.123 e. The van der Waals surface area contributed by atoms with E-state index in [9.17, 15) is 9.90 Å². The third kappa shape index (κ3) is 1.88. The Balaban J connectivity index is 2.81. The molecule has 0 saturated heterocycles. The molecule has 0 aliphatic heterocycles. The molecule has 1 aromatic rings. The maximum atomic E-state index is 10.2. The maximum absolute atomic E-state index is 10.2. The summed E-state index contributed by atoms with van der Waals surface area (Å²) in [6, 6.07) is 3.69. The zero-order valence-corrected chi connectivity index (χ0v) is 7.10. The van der Waals surface area contributed by atoms with Gasteiger partial charge < -0.3 is 9.90 Å². The van der Waals surface area contributed by atoms with E-state index >= 15 is 0 Å². The SMILES string of the molecule is CC(O)(CC=O)c1cccs1. The van der Waals surface area contributed by atoms with E-state index in [-0.39, 0.29) is 6.42 Å². The molecular formula is C8H10O2S. The van der Waals surface area contributed by atoms with Crippen molar-refractivity contribution in [2.45, 2.75) is 18.9 Å². The van der Waals surface area contributed by atoms with E-state index < -0.39 is 5.60 Å². The summed E-state index contributed by atoms with van der Waals surface area (Å²) in [6.45, 7) is 1.65. The van der Waals surface area contributed by atoms with Gasteiger partial charge in [0.25, 0.3) is 0 Å². The third-order valence-corrected chi connectivity index (χ3v) is 2.66. The highest BCUT2D eigenvalue weighted by Crippen LogP contribution is 2.27. The summed E-state index contributed by atoms with van der Waals surface area (Å²) in [7, 11) is 0. The fourth-order valence-corrected chi connectivity index (χ4v) is 1.65. The lowest BCUT2D eigenvalue weighted by atomic mass is 10.0. The van der Waals surface area contributed by atoms with Crippen molar-refractivity contribution in [1.29, 1.82) is 0 Å². The molecule has 0 aliphatic carbocycles. The fraction of sp³-hybridized carbons (Fsp3) is 0.375.